The van der Waals surface area contributed by atoms with Gasteiger partial charge < -0.3 is 10.2 Å². The first-order valence-corrected chi connectivity index (χ1v) is 4.87. The lowest BCUT2D eigenvalue weighted by Crippen LogP contribution is -2.38. The zero-order valence-corrected chi connectivity index (χ0v) is 8.43. The highest BCUT2D eigenvalue weighted by Gasteiger charge is 2.65. The van der Waals surface area contributed by atoms with Gasteiger partial charge in [-0.15, -0.1) is 0 Å². The quantitative estimate of drug-likeness (QED) is 0.376. The fourth-order valence-corrected chi connectivity index (χ4v) is 1.46. The van der Waals surface area contributed by atoms with Crippen LogP contribution < -0.4 is 0 Å². The van der Waals surface area contributed by atoms with E-state index in [1.165, 1.54) is 0 Å². The normalized spacial score (nSPS) is 19.5. The van der Waals surface area contributed by atoms with Gasteiger partial charge in [0.05, 0.1) is 0 Å². The summed E-state index contributed by atoms with van der Waals surface area (Å²) in [6.07, 6.45) is 2.69. The summed E-state index contributed by atoms with van der Waals surface area (Å²) in [7, 11) is 0. The molecule has 1 aliphatic heterocycles. The van der Waals surface area contributed by atoms with Gasteiger partial charge in [0.1, 0.15) is 5.92 Å². The van der Waals surface area contributed by atoms with E-state index < -0.39 is 23.6 Å². The van der Waals surface area contributed by atoms with E-state index >= 15 is 0 Å². The van der Waals surface area contributed by atoms with Crippen LogP contribution in [0.2, 0.25) is 0 Å². The zero-order valence-electron chi connectivity index (χ0n) is 8.43. The number of carboxylic acids is 2. The molecule has 0 bridgehead atoms. The van der Waals surface area contributed by atoms with Gasteiger partial charge in [0.15, 0.2) is 0 Å². The van der Waals surface area contributed by atoms with E-state index in [-0.39, 0.29) is 6.42 Å². The fraction of sp³-hybridized carbons (Fsp3) is 0.778. The Morgan fingerprint density at radius 1 is 1.27 bits per heavy atom. The second-order valence-electron chi connectivity index (χ2n) is 3.53. The topological polar surface area (TPSA) is 99.7 Å². The third-order valence-corrected chi connectivity index (χ3v) is 2.41. The van der Waals surface area contributed by atoms with Gasteiger partial charge in [0.2, 0.25) is 0 Å². The fourth-order valence-electron chi connectivity index (χ4n) is 1.46. The first-order valence-electron chi connectivity index (χ1n) is 4.87. The molecule has 0 amide bonds. The number of rotatable bonds is 7. The minimum atomic E-state index is -1.94. The highest BCUT2D eigenvalue weighted by atomic mass is 17.4. The van der Waals surface area contributed by atoms with Gasteiger partial charge in [0, 0.05) is 0 Å². The predicted octanol–water partition coefficient (Wildman–Crippen LogP) is 1.01. The van der Waals surface area contributed by atoms with Gasteiger partial charge in [-0.25, -0.2) is 4.79 Å². The van der Waals surface area contributed by atoms with Crippen LogP contribution in [0.3, 0.4) is 0 Å². The average Bonchev–Trinajstić information content (AvgIpc) is 2.92. The van der Waals surface area contributed by atoms with Crippen molar-refractivity contribution in [1.82, 2.24) is 0 Å². The summed E-state index contributed by atoms with van der Waals surface area (Å²) in [4.78, 5) is 30.3. The molecule has 0 aliphatic carbocycles. The van der Waals surface area contributed by atoms with Crippen LogP contribution >= 0.6 is 0 Å². The third kappa shape index (κ3) is 2.45. The van der Waals surface area contributed by atoms with Crippen LogP contribution in [0.4, 0.5) is 0 Å². The molecule has 6 nitrogen and oxygen atoms in total. The molecule has 0 saturated carbocycles. The van der Waals surface area contributed by atoms with Crippen molar-refractivity contribution in [3.8, 4) is 0 Å². The number of carboxylic acid groups (broad SMARTS) is 2. The van der Waals surface area contributed by atoms with Gasteiger partial charge in [-0.05, 0) is 6.42 Å². The Morgan fingerprint density at radius 3 is 2.20 bits per heavy atom. The zero-order chi connectivity index (χ0) is 11.5. The maximum atomic E-state index is 10.9. The SMILES string of the molecule is CCCCCC(C(=O)O)C1(C(=O)O)OO1. The summed E-state index contributed by atoms with van der Waals surface area (Å²) in [5.41, 5.74) is 0. The highest BCUT2D eigenvalue weighted by Crippen LogP contribution is 2.40. The van der Waals surface area contributed by atoms with Crippen LogP contribution in [0.1, 0.15) is 32.6 Å². The largest absolute Gasteiger partial charge is 0.481 e. The van der Waals surface area contributed by atoms with Crippen molar-refractivity contribution in [3.63, 3.8) is 0 Å². The molecule has 15 heavy (non-hydrogen) atoms. The Morgan fingerprint density at radius 2 is 1.87 bits per heavy atom. The van der Waals surface area contributed by atoms with Crippen LogP contribution in [-0.2, 0) is 19.4 Å². The lowest BCUT2D eigenvalue weighted by atomic mass is 9.93. The van der Waals surface area contributed by atoms with E-state index in [1.807, 2.05) is 6.92 Å². The molecule has 1 heterocycles. The molecular weight excluding hydrogens is 204 g/mol. The molecule has 86 valence electrons. The maximum Gasteiger partial charge on any atom is 0.371 e. The molecule has 0 radical (unpaired) electrons. The minimum Gasteiger partial charge on any atom is -0.481 e. The smallest absolute Gasteiger partial charge is 0.371 e. The summed E-state index contributed by atoms with van der Waals surface area (Å²) in [6.45, 7) is 1.98. The number of aliphatic carboxylic acids is 2. The molecule has 1 rings (SSSR count). The molecule has 1 unspecified atom stereocenters. The molecule has 1 saturated heterocycles. The Bertz CT molecular complexity index is 257. The summed E-state index contributed by atoms with van der Waals surface area (Å²) in [5.74, 6) is -5.67. The summed E-state index contributed by atoms with van der Waals surface area (Å²) in [6, 6.07) is 0. The van der Waals surface area contributed by atoms with Crippen molar-refractivity contribution in [3.05, 3.63) is 0 Å². The molecule has 2 N–H and O–H groups in total. The lowest BCUT2D eigenvalue weighted by Gasteiger charge is -2.12. The van der Waals surface area contributed by atoms with Crippen molar-refractivity contribution in [2.75, 3.05) is 0 Å². The molecule has 0 aromatic carbocycles. The molecule has 0 aromatic heterocycles. The second kappa shape index (κ2) is 4.59. The summed E-state index contributed by atoms with van der Waals surface area (Å²) in [5, 5.41) is 17.6. The van der Waals surface area contributed by atoms with E-state index in [0.717, 1.165) is 12.8 Å². The second-order valence-corrected chi connectivity index (χ2v) is 3.53. The van der Waals surface area contributed by atoms with Crippen LogP contribution in [0.15, 0.2) is 0 Å². The third-order valence-electron chi connectivity index (χ3n) is 2.41. The first-order chi connectivity index (χ1) is 7.04. The molecule has 1 atom stereocenters. The number of hydrogen-bond donors (Lipinski definition) is 2. The van der Waals surface area contributed by atoms with E-state index in [4.69, 9.17) is 10.2 Å². The Kier molecular flexibility index (Phi) is 3.65. The van der Waals surface area contributed by atoms with Crippen LogP contribution in [-0.4, -0.2) is 27.9 Å². The number of unbranched alkanes of at least 4 members (excludes halogenated alkanes) is 2. The number of hydrogen-bond acceptors (Lipinski definition) is 4. The van der Waals surface area contributed by atoms with Gasteiger partial charge in [-0.2, -0.15) is 9.78 Å². The molecule has 1 aliphatic rings. The average molecular weight is 218 g/mol. The highest BCUT2D eigenvalue weighted by molar-refractivity contribution is 5.85. The van der Waals surface area contributed by atoms with Gasteiger partial charge in [-0.3, -0.25) is 4.79 Å². The van der Waals surface area contributed by atoms with E-state index in [0.29, 0.717) is 6.42 Å². The van der Waals surface area contributed by atoms with Crippen LogP contribution in [0, 0.1) is 5.92 Å². The summed E-state index contributed by atoms with van der Waals surface area (Å²) < 4.78 is 0. The maximum absolute atomic E-state index is 10.9. The van der Waals surface area contributed by atoms with Crippen LogP contribution in [0.5, 0.6) is 0 Å². The Hall–Kier alpha value is -1.14. The molecule has 0 aromatic rings. The van der Waals surface area contributed by atoms with Crippen molar-refractivity contribution in [2.45, 2.75) is 38.4 Å². The van der Waals surface area contributed by atoms with Crippen molar-refractivity contribution in [2.24, 2.45) is 5.92 Å². The predicted molar refractivity (Wildman–Crippen MR) is 47.8 cm³/mol. The minimum absolute atomic E-state index is 0.246. The van der Waals surface area contributed by atoms with Gasteiger partial charge in [0.25, 0.3) is 0 Å². The Labute approximate surface area is 86.7 Å². The van der Waals surface area contributed by atoms with E-state index in [9.17, 15) is 9.59 Å². The monoisotopic (exact) mass is 218 g/mol. The first kappa shape index (κ1) is 11.9. The Balaban J connectivity index is 2.58. The molecule has 1 fully saturated rings. The van der Waals surface area contributed by atoms with Crippen molar-refractivity contribution < 1.29 is 29.6 Å². The van der Waals surface area contributed by atoms with Crippen LogP contribution in [0.25, 0.3) is 0 Å². The van der Waals surface area contributed by atoms with Gasteiger partial charge >= 0.3 is 17.7 Å². The van der Waals surface area contributed by atoms with Crippen molar-refractivity contribution >= 4 is 11.9 Å². The lowest BCUT2D eigenvalue weighted by molar-refractivity contribution is -0.157. The molecule has 0 spiro atoms. The van der Waals surface area contributed by atoms with Crippen molar-refractivity contribution in [1.29, 1.82) is 0 Å². The van der Waals surface area contributed by atoms with Gasteiger partial charge in [-0.1, -0.05) is 26.2 Å². The molecule has 6 heteroatoms. The van der Waals surface area contributed by atoms with E-state index in [2.05, 4.69) is 9.78 Å². The number of carbonyl (C=O) groups is 2. The summed E-state index contributed by atoms with van der Waals surface area (Å²) >= 11 is 0. The molecular formula is C9H14O6. The van der Waals surface area contributed by atoms with E-state index in [1.54, 1.807) is 0 Å². The standard InChI is InChI=1S/C9H14O6/c1-2-3-4-5-6(7(10)11)9(8(12)13)14-15-9/h6H,2-5H2,1H3,(H,10,11)(H,12,13).